The number of carbonyl (C=O) groups excluding carboxylic acids is 1. The molecule has 0 unspecified atom stereocenters. The Morgan fingerprint density at radius 1 is 1.27 bits per heavy atom. The number of hydrogen-bond acceptors (Lipinski definition) is 8. The van der Waals surface area contributed by atoms with Gasteiger partial charge >= 0.3 is 0 Å². The molecule has 3 rings (SSSR count). The monoisotopic (exact) mass is 368 g/mol. The first kappa shape index (κ1) is 15.6. The zero-order chi connectivity index (χ0) is 15.5. The summed E-state index contributed by atoms with van der Waals surface area (Å²) < 4.78 is 0.823. The van der Waals surface area contributed by atoms with Crippen LogP contribution in [0.2, 0.25) is 0 Å². The molecule has 3 aromatic rings. The van der Waals surface area contributed by atoms with E-state index in [9.17, 15) is 4.79 Å². The molecular formula is C13H12N4OS4. The Balaban J connectivity index is 1.58. The van der Waals surface area contributed by atoms with Gasteiger partial charge in [0.25, 0.3) is 5.91 Å². The van der Waals surface area contributed by atoms with Gasteiger partial charge in [0.2, 0.25) is 5.13 Å². The smallest absolute Gasteiger partial charge is 0.267 e. The predicted molar refractivity (Wildman–Crippen MR) is 93.3 cm³/mol. The molecular weight excluding hydrogens is 356 g/mol. The van der Waals surface area contributed by atoms with Crippen LogP contribution in [0.5, 0.6) is 0 Å². The van der Waals surface area contributed by atoms with E-state index >= 15 is 0 Å². The Bertz CT molecular complexity index is 791. The average Bonchev–Trinajstić information content (AvgIpc) is 3.19. The number of thiazole rings is 1. The Kier molecular flexibility index (Phi) is 4.87. The van der Waals surface area contributed by atoms with Gasteiger partial charge in [-0.3, -0.25) is 10.1 Å². The highest BCUT2D eigenvalue weighted by Crippen LogP contribution is 2.29. The third kappa shape index (κ3) is 3.92. The number of nitrogens with one attached hydrogen (secondary N) is 1. The molecule has 0 aliphatic carbocycles. The number of carbonyl (C=O) groups is 1. The molecule has 5 nitrogen and oxygen atoms in total. The predicted octanol–water partition coefficient (Wildman–Crippen LogP) is 4.22. The number of hydrogen-bond donors (Lipinski definition) is 1. The SMILES string of the molecule is Cc1csc(C(=O)Nc2nnc(SCc3csc(C)n3)s2)c1. The number of thiophene rings is 1. The summed E-state index contributed by atoms with van der Waals surface area (Å²) in [7, 11) is 0. The molecule has 22 heavy (non-hydrogen) atoms. The maximum atomic E-state index is 12.0. The van der Waals surface area contributed by atoms with Crippen LogP contribution in [0.3, 0.4) is 0 Å². The van der Waals surface area contributed by atoms with Crippen molar-refractivity contribution in [3.63, 3.8) is 0 Å². The van der Waals surface area contributed by atoms with Crippen LogP contribution in [-0.4, -0.2) is 21.1 Å². The minimum absolute atomic E-state index is 0.138. The van der Waals surface area contributed by atoms with Gasteiger partial charge in [-0.2, -0.15) is 0 Å². The van der Waals surface area contributed by atoms with Crippen LogP contribution in [0, 0.1) is 13.8 Å². The molecule has 114 valence electrons. The third-order valence-electron chi connectivity index (χ3n) is 2.59. The molecule has 0 aromatic carbocycles. The minimum Gasteiger partial charge on any atom is -0.296 e. The molecule has 0 bridgehead atoms. The maximum absolute atomic E-state index is 12.0. The van der Waals surface area contributed by atoms with E-state index < -0.39 is 0 Å². The highest BCUT2D eigenvalue weighted by atomic mass is 32.2. The Morgan fingerprint density at radius 2 is 2.14 bits per heavy atom. The van der Waals surface area contributed by atoms with Crippen LogP contribution < -0.4 is 5.32 Å². The highest BCUT2D eigenvalue weighted by Gasteiger charge is 2.12. The number of rotatable bonds is 5. The molecule has 0 aliphatic rings. The van der Waals surface area contributed by atoms with E-state index in [4.69, 9.17) is 0 Å². The number of anilines is 1. The van der Waals surface area contributed by atoms with Crippen molar-refractivity contribution in [2.45, 2.75) is 23.9 Å². The molecule has 1 N–H and O–H groups in total. The first-order chi connectivity index (χ1) is 10.6. The molecule has 3 aromatic heterocycles. The summed E-state index contributed by atoms with van der Waals surface area (Å²) in [5.41, 5.74) is 2.13. The van der Waals surface area contributed by atoms with Crippen LogP contribution in [0.1, 0.15) is 25.9 Å². The summed E-state index contributed by atoms with van der Waals surface area (Å²) in [5, 5.41) is 16.5. The quantitative estimate of drug-likeness (QED) is 0.539. The van der Waals surface area contributed by atoms with E-state index in [1.165, 1.54) is 22.7 Å². The number of aromatic nitrogens is 3. The zero-order valence-corrected chi connectivity index (χ0v) is 15.1. The molecule has 0 saturated heterocycles. The maximum Gasteiger partial charge on any atom is 0.267 e. The molecule has 0 fully saturated rings. The summed E-state index contributed by atoms with van der Waals surface area (Å²) >= 11 is 6.02. The molecule has 0 aliphatic heterocycles. The van der Waals surface area contributed by atoms with Crippen molar-refractivity contribution < 1.29 is 4.79 Å². The van der Waals surface area contributed by atoms with Crippen LogP contribution >= 0.6 is 45.8 Å². The topological polar surface area (TPSA) is 67.8 Å². The molecule has 0 atom stereocenters. The van der Waals surface area contributed by atoms with Crippen molar-refractivity contribution in [3.05, 3.63) is 38.0 Å². The summed E-state index contributed by atoms with van der Waals surface area (Å²) in [6.07, 6.45) is 0. The van der Waals surface area contributed by atoms with Crippen LogP contribution in [0.4, 0.5) is 5.13 Å². The van der Waals surface area contributed by atoms with E-state index in [0.29, 0.717) is 10.0 Å². The fraction of sp³-hybridized carbons (Fsp3) is 0.231. The lowest BCUT2D eigenvalue weighted by Gasteiger charge is -1.96. The van der Waals surface area contributed by atoms with Crippen molar-refractivity contribution in [2.24, 2.45) is 0 Å². The average molecular weight is 369 g/mol. The van der Waals surface area contributed by atoms with Gasteiger partial charge in [-0.15, -0.1) is 32.9 Å². The van der Waals surface area contributed by atoms with Crippen molar-refractivity contribution in [3.8, 4) is 0 Å². The summed E-state index contributed by atoms with van der Waals surface area (Å²) in [6.45, 7) is 3.96. The molecule has 0 radical (unpaired) electrons. The lowest BCUT2D eigenvalue weighted by Crippen LogP contribution is -2.09. The molecule has 9 heteroatoms. The first-order valence-electron chi connectivity index (χ1n) is 6.34. The van der Waals surface area contributed by atoms with Crippen LogP contribution in [0.15, 0.2) is 21.2 Å². The van der Waals surface area contributed by atoms with Gasteiger partial charge in [-0.05, 0) is 30.9 Å². The van der Waals surface area contributed by atoms with Gasteiger partial charge in [0.1, 0.15) is 0 Å². The van der Waals surface area contributed by atoms with Crippen LogP contribution in [-0.2, 0) is 5.75 Å². The lowest BCUT2D eigenvalue weighted by molar-refractivity contribution is 0.103. The number of nitrogens with zero attached hydrogens (tertiary/aromatic N) is 3. The normalized spacial score (nSPS) is 10.8. The second-order valence-corrected chi connectivity index (χ2v) is 8.64. The third-order valence-corrected chi connectivity index (χ3v) is 6.47. The zero-order valence-electron chi connectivity index (χ0n) is 11.8. The Morgan fingerprint density at radius 3 is 2.82 bits per heavy atom. The number of aryl methyl sites for hydroxylation is 2. The van der Waals surface area contributed by atoms with Crippen molar-refractivity contribution in [1.29, 1.82) is 0 Å². The van der Waals surface area contributed by atoms with Crippen molar-refractivity contribution in [2.75, 3.05) is 5.32 Å². The highest BCUT2D eigenvalue weighted by molar-refractivity contribution is 8.00. The molecule has 0 saturated carbocycles. The van der Waals surface area contributed by atoms with Gasteiger partial charge in [0.15, 0.2) is 4.34 Å². The Hall–Kier alpha value is -1.29. The van der Waals surface area contributed by atoms with Crippen molar-refractivity contribution in [1.82, 2.24) is 15.2 Å². The summed E-state index contributed by atoms with van der Waals surface area (Å²) in [6, 6.07) is 1.86. The van der Waals surface area contributed by atoms with E-state index in [0.717, 1.165) is 26.4 Å². The van der Waals surface area contributed by atoms with E-state index in [-0.39, 0.29) is 5.91 Å². The standard InChI is InChI=1S/C13H12N4OS4/c1-7-3-10(20-4-7)11(18)15-12-16-17-13(22-12)21-6-9-5-19-8(2)14-9/h3-5H,6H2,1-2H3,(H,15,16,18). The van der Waals surface area contributed by atoms with Crippen LogP contribution in [0.25, 0.3) is 0 Å². The minimum atomic E-state index is -0.138. The fourth-order valence-corrected chi connectivity index (χ4v) is 4.79. The Labute approximate surface area is 143 Å². The molecule has 3 heterocycles. The number of amides is 1. The largest absolute Gasteiger partial charge is 0.296 e. The van der Waals surface area contributed by atoms with E-state index in [1.54, 1.807) is 23.1 Å². The van der Waals surface area contributed by atoms with E-state index in [1.807, 2.05) is 30.7 Å². The molecule has 1 amide bonds. The second-order valence-electron chi connectivity index (χ2n) is 4.46. The van der Waals surface area contributed by atoms with Gasteiger partial charge in [0.05, 0.1) is 15.6 Å². The van der Waals surface area contributed by atoms with Gasteiger partial charge < -0.3 is 0 Å². The van der Waals surface area contributed by atoms with Gasteiger partial charge in [-0.25, -0.2) is 4.98 Å². The fourth-order valence-electron chi connectivity index (χ4n) is 1.64. The van der Waals surface area contributed by atoms with E-state index in [2.05, 4.69) is 20.5 Å². The lowest BCUT2D eigenvalue weighted by atomic mass is 10.3. The first-order valence-corrected chi connectivity index (χ1v) is 9.90. The molecule has 0 spiro atoms. The summed E-state index contributed by atoms with van der Waals surface area (Å²) in [4.78, 5) is 17.1. The van der Waals surface area contributed by atoms with Gasteiger partial charge in [0, 0.05) is 11.1 Å². The van der Waals surface area contributed by atoms with Gasteiger partial charge in [-0.1, -0.05) is 23.1 Å². The number of thioether (sulfide) groups is 1. The summed E-state index contributed by atoms with van der Waals surface area (Å²) in [5.74, 6) is 0.623. The second kappa shape index (κ2) is 6.86. The van der Waals surface area contributed by atoms with Crippen molar-refractivity contribution >= 4 is 56.8 Å².